The molecule has 32 heavy (non-hydrogen) atoms. The monoisotopic (exact) mass is 553 g/mol. The Morgan fingerprint density at radius 1 is 1.00 bits per heavy atom. The topological polar surface area (TPSA) is 60.7 Å². The number of hydrogen-bond donors (Lipinski definition) is 2. The van der Waals surface area contributed by atoms with Gasteiger partial charge in [-0.3, -0.25) is 9.58 Å². The molecule has 0 aliphatic carbocycles. The molecule has 0 saturated carbocycles. The number of rotatable bonds is 8. The zero-order valence-electron chi connectivity index (χ0n) is 20.3. The zero-order valence-corrected chi connectivity index (χ0v) is 22.6. The van der Waals surface area contributed by atoms with Gasteiger partial charge < -0.3 is 15.5 Å². The van der Waals surface area contributed by atoms with Crippen LogP contribution in [0.5, 0.6) is 0 Å². The Kier molecular flexibility index (Phi) is 10.9. The zero-order chi connectivity index (χ0) is 22.2. The lowest BCUT2D eigenvalue weighted by Gasteiger charge is -2.34. The van der Waals surface area contributed by atoms with E-state index in [4.69, 9.17) is 4.99 Å². The Labute approximate surface area is 210 Å². The smallest absolute Gasteiger partial charge is 0.191 e. The van der Waals surface area contributed by atoms with E-state index in [1.165, 1.54) is 35.5 Å². The summed E-state index contributed by atoms with van der Waals surface area (Å²) in [6, 6.07) is 8.72. The first kappa shape index (κ1) is 26.6. The largest absolute Gasteiger partial charge is 0.357 e. The summed E-state index contributed by atoms with van der Waals surface area (Å²) < 4.78 is 1.94. The molecule has 2 heterocycles. The van der Waals surface area contributed by atoms with E-state index in [1.54, 1.807) is 0 Å². The Hall–Kier alpha value is -1.65. The van der Waals surface area contributed by atoms with Gasteiger partial charge in [0.2, 0.25) is 0 Å². The summed E-state index contributed by atoms with van der Waals surface area (Å²) in [7, 11) is 1.99. The molecule has 0 bridgehead atoms. The van der Waals surface area contributed by atoms with Gasteiger partial charge in [-0.05, 0) is 38.4 Å². The number of halogens is 1. The number of likely N-dealkylation sites (N-methyl/N-ethyl adjacent to an activating group) is 1. The van der Waals surface area contributed by atoms with E-state index >= 15 is 0 Å². The van der Waals surface area contributed by atoms with Crippen LogP contribution in [0.4, 0.5) is 0 Å². The molecule has 0 atom stereocenters. The molecular weight excluding hydrogens is 513 g/mol. The quantitative estimate of drug-likeness (QED) is 0.299. The third-order valence-corrected chi connectivity index (χ3v) is 6.27. The van der Waals surface area contributed by atoms with Gasteiger partial charge in [-0.15, -0.1) is 24.0 Å². The molecule has 8 heteroatoms. The average molecular weight is 554 g/mol. The number of guanidine groups is 1. The first-order valence-corrected chi connectivity index (χ1v) is 11.5. The fraction of sp³-hybridized carbons (Fsp3) is 0.583. The van der Waals surface area contributed by atoms with Crippen LogP contribution in [0.15, 0.2) is 29.3 Å². The first-order chi connectivity index (χ1) is 15.0. The molecule has 1 aromatic carbocycles. The van der Waals surface area contributed by atoms with Crippen molar-refractivity contribution >= 4 is 29.9 Å². The van der Waals surface area contributed by atoms with Gasteiger partial charge in [0.15, 0.2) is 5.96 Å². The minimum Gasteiger partial charge on any atom is -0.357 e. The summed E-state index contributed by atoms with van der Waals surface area (Å²) in [5.74, 6) is 0.844. The van der Waals surface area contributed by atoms with Gasteiger partial charge in [-0.25, -0.2) is 4.99 Å². The molecule has 7 nitrogen and oxygen atoms in total. The second kappa shape index (κ2) is 13.2. The summed E-state index contributed by atoms with van der Waals surface area (Å²) in [6.45, 7) is 17.5. The van der Waals surface area contributed by atoms with Crippen molar-refractivity contribution in [2.24, 2.45) is 12.0 Å². The standard InChI is InChI=1S/C24H39N7.HI/c1-6-25-24(27-17-23-19(3)28-29(5)20(23)4)26-16-21-10-8-9-11-22(21)18-31-14-12-30(7-2)13-15-31;/h8-11H,6-7,12-18H2,1-5H3,(H2,25,26,27);1H. The maximum Gasteiger partial charge on any atom is 0.191 e. The highest BCUT2D eigenvalue weighted by molar-refractivity contribution is 14.0. The molecule has 2 aromatic rings. The third-order valence-electron chi connectivity index (χ3n) is 6.27. The Balaban J connectivity index is 0.00000363. The Morgan fingerprint density at radius 3 is 2.25 bits per heavy atom. The second-order valence-corrected chi connectivity index (χ2v) is 8.30. The molecule has 1 saturated heterocycles. The summed E-state index contributed by atoms with van der Waals surface area (Å²) in [4.78, 5) is 9.97. The maximum atomic E-state index is 4.88. The number of nitrogens with zero attached hydrogens (tertiary/aromatic N) is 5. The van der Waals surface area contributed by atoms with Gasteiger partial charge in [0.1, 0.15) is 0 Å². The van der Waals surface area contributed by atoms with Crippen molar-refractivity contribution in [3.05, 3.63) is 52.3 Å². The lowest BCUT2D eigenvalue weighted by atomic mass is 10.1. The molecule has 1 fully saturated rings. The predicted molar refractivity (Wildman–Crippen MR) is 144 cm³/mol. The van der Waals surface area contributed by atoms with Gasteiger partial charge >= 0.3 is 0 Å². The average Bonchev–Trinajstić information content (AvgIpc) is 3.02. The summed E-state index contributed by atoms with van der Waals surface area (Å²) >= 11 is 0. The van der Waals surface area contributed by atoms with Crippen LogP contribution < -0.4 is 10.6 Å². The van der Waals surface area contributed by atoms with Crippen molar-refractivity contribution < 1.29 is 0 Å². The van der Waals surface area contributed by atoms with E-state index in [9.17, 15) is 0 Å². The molecule has 3 rings (SSSR count). The van der Waals surface area contributed by atoms with Crippen molar-refractivity contribution in [3.63, 3.8) is 0 Å². The van der Waals surface area contributed by atoms with Crippen LogP contribution in [0.3, 0.4) is 0 Å². The number of aromatic nitrogens is 2. The van der Waals surface area contributed by atoms with E-state index < -0.39 is 0 Å². The summed E-state index contributed by atoms with van der Waals surface area (Å²) in [5.41, 5.74) is 6.17. The van der Waals surface area contributed by atoms with Crippen molar-refractivity contribution in [2.75, 3.05) is 39.3 Å². The highest BCUT2D eigenvalue weighted by Gasteiger charge is 2.16. The van der Waals surface area contributed by atoms with Crippen LogP contribution in [0, 0.1) is 13.8 Å². The Morgan fingerprint density at radius 2 is 1.66 bits per heavy atom. The number of aliphatic imine (C=N–C) groups is 1. The molecule has 1 aliphatic heterocycles. The number of hydrogen-bond acceptors (Lipinski definition) is 4. The van der Waals surface area contributed by atoms with Gasteiger partial charge in [-0.2, -0.15) is 5.10 Å². The Bertz CT molecular complexity index is 869. The first-order valence-electron chi connectivity index (χ1n) is 11.5. The molecule has 0 radical (unpaired) electrons. The van der Waals surface area contributed by atoms with Crippen molar-refractivity contribution in [1.82, 2.24) is 30.2 Å². The van der Waals surface area contributed by atoms with Crippen LogP contribution in [0.25, 0.3) is 0 Å². The van der Waals surface area contributed by atoms with E-state index in [0.717, 1.165) is 50.9 Å². The minimum atomic E-state index is 0. The van der Waals surface area contributed by atoms with E-state index in [-0.39, 0.29) is 24.0 Å². The van der Waals surface area contributed by atoms with Gasteiger partial charge in [-0.1, -0.05) is 31.2 Å². The van der Waals surface area contributed by atoms with E-state index in [1.807, 2.05) is 11.7 Å². The summed E-state index contributed by atoms with van der Waals surface area (Å²) in [5, 5.41) is 11.4. The van der Waals surface area contributed by atoms with Crippen LogP contribution >= 0.6 is 24.0 Å². The number of piperazine rings is 1. The molecule has 1 aromatic heterocycles. The van der Waals surface area contributed by atoms with Gasteiger partial charge in [0.05, 0.1) is 12.2 Å². The van der Waals surface area contributed by atoms with E-state index in [0.29, 0.717) is 6.54 Å². The van der Waals surface area contributed by atoms with Crippen LogP contribution in [-0.4, -0.2) is 64.8 Å². The third kappa shape index (κ3) is 7.18. The minimum absolute atomic E-state index is 0. The van der Waals surface area contributed by atoms with Crippen LogP contribution in [0.1, 0.15) is 41.9 Å². The van der Waals surface area contributed by atoms with Crippen LogP contribution in [-0.2, 0) is 26.7 Å². The maximum absolute atomic E-state index is 4.88. The van der Waals surface area contributed by atoms with Gasteiger partial charge in [0.25, 0.3) is 0 Å². The number of aryl methyl sites for hydroxylation is 2. The lowest BCUT2D eigenvalue weighted by Crippen LogP contribution is -2.45. The van der Waals surface area contributed by atoms with Crippen molar-refractivity contribution in [2.45, 2.75) is 47.3 Å². The summed E-state index contributed by atoms with van der Waals surface area (Å²) in [6.07, 6.45) is 0. The molecule has 178 valence electrons. The molecule has 1 aliphatic rings. The predicted octanol–water partition coefficient (Wildman–Crippen LogP) is 3.05. The highest BCUT2D eigenvalue weighted by Crippen LogP contribution is 2.15. The second-order valence-electron chi connectivity index (χ2n) is 8.30. The van der Waals surface area contributed by atoms with Crippen molar-refractivity contribution in [1.29, 1.82) is 0 Å². The van der Waals surface area contributed by atoms with Crippen molar-refractivity contribution in [3.8, 4) is 0 Å². The number of benzene rings is 1. The molecule has 2 N–H and O–H groups in total. The van der Waals surface area contributed by atoms with Gasteiger partial charge in [0, 0.05) is 64.1 Å². The lowest BCUT2D eigenvalue weighted by molar-refractivity contribution is 0.131. The number of nitrogens with one attached hydrogen (secondary N) is 2. The molecular formula is C24H40IN7. The van der Waals surface area contributed by atoms with Crippen LogP contribution in [0.2, 0.25) is 0 Å². The highest BCUT2D eigenvalue weighted by atomic mass is 127. The fourth-order valence-electron chi connectivity index (χ4n) is 4.12. The van der Waals surface area contributed by atoms with E-state index in [2.05, 4.69) is 77.5 Å². The SMILES string of the molecule is CCNC(=NCc1ccccc1CN1CCN(CC)CC1)NCc1c(C)nn(C)c1C.I. The molecule has 0 spiro atoms. The molecule has 0 amide bonds. The normalized spacial score (nSPS) is 15.5. The fourth-order valence-corrected chi connectivity index (χ4v) is 4.12. The molecule has 0 unspecified atom stereocenters.